The number of carboxylic acids is 1. The summed E-state index contributed by atoms with van der Waals surface area (Å²) >= 11 is 0. The highest BCUT2D eigenvalue weighted by Crippen LogP contribution is 2.19. The topological polar surface area (TPSA) is 148 Å². The van der Waals surface area contributed by atoms with Crippen molar-refractivity contribution in [3.05, 3.63) is 0 Å². The quantitative estimate of drug-likeness (QED) is 0.476. The second-order valence-electron chi connectivity index (χ2n) is 4.34. The van der Waals surface area contributed by atoms with Gasteiger partial charge < -0.3 is 20.9 Å². The first-order valence-corrected chi connectivity index (χ1v) is 5.38. The van der Waals surface area contributed by atoms with Crippen LogP contribution in [0.25, 0.3) is 0 Å². The van der Waals surface area contributed by atoms with Crippen LogP contribution < -0.4 is 16.4 Å². The van der Waals surface area contributed by atoms with Crippen molar-refractivity contribution in [1.82, 2.24) is 10.6 Å². The van der Waals surface area contributed by atoms with Gasteiger partial charge in [0.25, 0.3) is 0 Å². The molecule has 0 bridgehead atoms. The highest BCUT2D eigenvalue weighted by Gasteiger charge is 2.30. The normalized spacial score (nSPS) is 10.4. The average molecular weight is 275 g/mol. The van der Waals surface area contributed by atoms with Crippen molar-refractivity contribution < 1.29 is 29.0 Å². The molecule has 108 valence electrons. The Labute approximate surface area is 109 Å². The maximum absolute atomic E-state index is 11.4. The van der Waals surface area contributed by atoms with E-state index in [-0.39, 0.29) is 19.6 Å². The molecule has 0 aromatic rings. The zero-order chi connectivity index (χ0) is 15.1. The van der Waals surface area contributed by atoms with Crippen LogP contribution in [0.15, 0.2) is 0 Å². The third kappa shape index (κ3) is 7.58. The summed E-state index contributed by atoms with van der Waals surface area (Å²) in [6, 6.07) is -0.806. The first kappa shape index (κ1) is 16.7. The van der Waals surface area contributed by atoms with Gasteiger partial charge in [0.05, 0.1) is 12.0 Å². The largest absolute Gasteiger partial charge is 0.481 e. The van der Waals surface area contributed by atoms with Gasteiger partial charge in [0.2, 0.25) is 5.91 Å². The van der Waals surface area contributed by atoms with E-state index in [1.54, 1.807) is 0 Å². The number of primary amides is 1. The van der Waals surface area contributed by atoms with Gasteiger partial charge in [-0.25, -0.2) is 9.59 Å². The van der Waals surface area contributed by atoms with Crippen molar-refractivity contribution in [2.75, 3.05) is 13.2 Å². The van der Waals surface area contributed by atoms with E-state index >= 15 is 0 Å². The SMILES string of the molecule is CC(C)(CC(=O)NC(=O)NCCOC(N)=O)C(=O)O. The Morgan fingerprint density at radius 2 is 1.84 bits per heavy atom. The highest BCUT2D eigenvalue weighted by molar-refractivity contribution is 5.96. The van der Waals surface area contributed by atoms with Gasteiger partial charge in [0.15, 0.2) is 0 Å². The van der Waals surface area contributed by atoms with Crippen LogP contribution in [0.5, 0.6) is 0 Å². The highest BCUT2D eigenvalue weighted by atomic mass is 16.5. The molecule has 4 amide bonds. The van der Waals surface area contributed by atoms with Crippen molar-refractivity contribution >= 4 is 24.0 Å². The van der Waals surface area contributed by atoms with Gasteiger partial charge >= 0.3 is 18.1 Å². The minimum atomic E-state index is -1.26. The molecule has 0 spiro atoms. The number of carbonyl (C=O) groups excluding carboxylic acids is 3. The average Bonchev–Trinajstić information content (AvgIpc) is 2.22. The lowest BCUT2D eigenvalue weighted by Gasteiger charge is -2.17. The summed E-state index contributed by atoms with van der Waals surface area (Å²) in [6.07, 6.45) is -1.31. The van der Waals surface area contributed by atoms with Crippen molar-refractivity contribution in [3.8, 4) is 0 Å². The van der Waals surface area contributed by atoms with Crippen LogP contribution in [-0.2, 0) is 14.3 Å². The second-order valence-corrected chi connectivity index (χ2v) is 4.34. The zero-order valence-electron chi connectivity index (χ0n) is 10.7. The lowest BCUT2D eigenvalue weighted by atomic mass is 9.89. The fourth-order valence-electron chi connectivity index (χ4n) is 1.01. The summed E-state index contributed by atoms with van der Waals surface area (Å²) in [6.45, 7) is 2.59. The van der Waals surface area contributed by atoms with Crippen LogP contribution in [-0.4, -0.2) is 42.3 Å². The number of hydrogen-bond donors (Lipinski definition) is 4. The predicted octanol–water partition coefficient (Wildman–Crippen LogP) is -0.592. The fraction of sp³-hybridized carbons (Fsp3) is 0.600. The van der Waals surface area contributed by atoms with Gasteiger partial charge in [-0.2, -0.15) is 0 Å². The summed E-state index contributed by atoms with van der Waals surface area (Å²) in [4.78, 5) is 43.5. The van der Waals surface area contributed by atoms with Gasteiger partial charge in [0, 0.05) is 6.42 Å². The minimum absolute atomic E-state index is 0.0234. The number of nitrogens with two attached hydrogens (primary N) is 1. The number of amides is 4. The van der Waals surface area contributed by atoms with Gasteiger partial charge in [-0.1, -0.05) is 0 Å². The molecule has 0 unspecified atom stereocenters. The second kappa shape index (κ2) is 7.19. The van der Waals surface area contributed by atoms with Crippen LogP contribution in [0.1, 0.15) is 20.3 Å². The van der Waals surface area contributed by atoms with E-state index in [1.807, 2.05) is 5.32 Å². The smallest absolute Gasteiger partial charge is 0.404 e. The molecule has 0 aliphatic rings. The Balaban J connectivity index is 3.97. The molecule has 0 atom stereocenters. The number of ether oxygens (including phenoxy) is 1. The molecule has 9 heteroatoms. The molecule has 0 aliphatic heterocycles. The van der Waals surface area contributed by atoms with E-state index in [0.717, 1.165) is 0 Å². The number of hydrogen-bond acceptors (Lipinski definition) is 5. The van der Waals surface area contributed by atoms with Crippen LogP contribution in [0.2, 0.25) is 0 Å². The van der Waals surface area contributed by atoms with Gasteiger partial charge in [-0.3, -0.25) is 14.9 Å². The first-order chi connectivity index (χ1) is 8.65. The van der Waals surface area contributed by atoms with Crippen molar-refractivity contribution in [3.63, 3.8) is 0 Å². The molecule has 0 radical (unpaired) electrons. The zero-order valence-corrected chi connectivity index (χ0v) is 10.7. The Hall–Kier alpha value is -2.32. The predicted molar refractivity (Wildman–Crippen MR) is 63.1 cm³/mol. The molecule has 5 N–H and O–H groups in total. The Bertz CT molecular complexity index is 379. The lowest BCUT2D eigenvalue weighted by Crippen LogP contribution is -2.43. The van der Waals surface area contributed by atoms with Crippen LogP contribution in [0, 0.1) is 5.41 Å². The van der Waals surface area contributed by atoms with Crippen molar-refractivity contribution in [2.45, 2.75) is 20.3 Å². The number of carboxylic acid groups (broad SMARTS) is 1. The summed E-state index contributed by atoms with van der Waals surface area (Å²) < 4.78 is 4.34. The Morgan fingerprint density at radius 1 is 1.26 bits per heavy atom. The third-order valence-electron chi connectivity index (χ3n) is 2.07. The number of imide groups is 1. The molecule has 19 heavy (non-hydrogen) atoms. The maximum atomic E-state index is 11.4. The molecular formula is C10H17N3O6. The Kier molecular flexibility index (Phi) is 6.31. The number of rotatable bonds is 6. The molecule has 0 fully saturated rings. The Morgan fingerprint density at radius 3 is 2.32 bits per heavy atom. The standard InChI is InChI=1S/C10H17N3O6/c1-10(2,7(15)16)5-6(14)13-9(18)12-3-4-19-8(11)17/h3-5H2,1-2H3,(H2,11,17)(H,15,16)(H2,12,13,14,18). The fourth-order valence-corrected chi connectivity index (χ4v) is 1.01. The molecule has 0 heterocycles. The molecule has 9 nitrogen and oxygen atoms in total. The number of nitrogens with one attached hydrogen (secondary N) is 2. The summed E-state index contributed by atoms with van der Waals surface area (Å²) in [7, 11) is 0. The van der Waals surface area contributed by atoms with E-state index in [2.05, 4.69) is 15.8 Å². The van der Waals surface area contributed by atoms with Crippen LogP contribution in [0.3, 0.4) is 0 Å². The van der Waals surface area contributed by atoms with Gasteiger partial charge in [-0.05, 0) is 13.8 Å². The van der Waals surface area contributed by atoms with Crippen LogP contribution >= 0.6 is 0 Å². The maximum Gasteiger partial charge on any atom is 0.404 e. The number of urea groups is 1. The summed E-state index contributed by atoms with van der Waals surface area (Å²) in [5.74, 6) is -1.86. The van der Waals surface area contributed by atoms with Gasteiger partial charge in [0.1, 0.15) is 6.61 Å². The molecule has 0 aromatic carbocycles. The van der Waals surface area contributed by atoms with E-state index in [4.69, 9.17) is 5.11 Å². The monoisotopic (exact) mass is 275 g/mol. The third-order valence-corrected chi connectivity index (χ3v) is 2.07. The van der Waals surface area contributed by atoms with Gasteiger partial charge in [-0.15, -0.1) is 0 Å². The minimum Gasteiger partial charge on any atom is -0.481 e. The molecular weight excluding hydrogens is 258 g/mol. The van der Waals surface area contributed by atoms with E-state index < -0.39 is 29.4 Å². The lowest BCUT2D eigenvalue weighted by molar-refractivity contribution is -0.149. The van der Waals surface area contributed by atoms with Crippen molar-refractivity contribution in [2.24, 2.45) is 11.1 Å². The molecule has 0 aliphatic carbocycles. The van der Waals surface area contributed by atoms with Crippen LogP contribution in [0.4, 0.5) is 9.59 Å². The van der Waals surface area contributed by atoms with E-state index in [1.165, 1.54) is 13.8 Å². The molecule has 0 aromatic heterocycles. The number of carbonyl (C=O) groups is 4. The van der Waals surface area contributed by atoms with E-state index in [9.17, 15) is 19.2 Å². The molecule has 0 saturated carbocycles. The first-order valence-electron chi connectivity index (χ1n) is 5.38. The summed E-state index contributed by atoms with van der Waals surface area (Å²) in [5, 5.41) is 13.0. The summed E-state index contributed by atoms with van der Waals surface area (Å²) in [5.41, 5.74) is 3.42. The van der Waals surface area contributed by atoms with Crippen molar-refractivity contribution in [1.29, 1.82) is 0 Å². The number of aliphatic carboxylic acids is 1. The van der Waals surface area contributed by atoms with E-state index in [0.29, 0.717) is 0 Å². The molecule has 0 rings (SSSR count). The molecule has 0 saturated heterocycles.